The van der Waals surface area contributed by atoms with Gasteiger partial charge in [-0.25, -0.2) is 4.79 Å². The van der Waals surface area contributed by atoms with Crippen LogP contribution in [0, 0.1) is 24.7 Å². The second kappa shape index (κ2) is 6.66. The first-order valence-electron chi connectivity index (χ1n) is 9.38. The Labute approximate surface area is 158 Å². The molecule has 1 aromatic heterocycles. The normalized spacial score (nSPS) is 32.8. The number of aryl methyl sites for hydroxylation is 2. The van der Waals surface area contributed by atoms with Crippen LogP contribution in [0.4, 0.5) is 4.79 Å². The molecule has 4 fully saturated rings. The van der Waals surface area contributed by atoms with Crippen LogP contribution in [-0.4, -0.2) is 27.9 Å². The molecule has 7 heteroatoms. The molecule has 0 saturated heterocycles. The van der Waals surface area contributed by atoms with Crippen LogP contribution in [0.5, 0.6) is 0 Å². The number of nitrogens with zero attached hydrogens (tertiary/aromatic N) is 2. The predicted octanol–water partition coefficient (Wildman–Crippen LogP) is 4.16. The molecule has 25 heavy (non-hydrogen) atoms. The Morgan fingerprint density at radius 3 is 2.32 bits per heavy atom. The van der Waals surface area contributed by atoms with Crippen LogP contribution in [0.15, 0.2) is 0 Å². The van der Waals surface area contributed by atoms with Crippen LogP contribution in [0.1, 0.15) is 50.6 Å². The van der Waals surface area contributed by atoms with Crippen molar-refractivity contribution in [2.75, 3.05) is 6.54 Å². The third kappa shape index (κ3) is 3.50. The minimum absolute atomic E-state index is 0.0253. The fourth-order valence-electron chi connectivity index (χ4n) is 5.66. The highest BCUT2D eigenvalue weighted by Gasteiger charge is 2.51. The molecule has 0 radical (unpaired) electrons. The lowest BCUT2D eigenvalue weighted by Gasteiger charge is -2.56. The van der Waals surface area contributed by atoms with Gasteiger partial charge in [0.15, 0.2) is 0 Å². The van der Waals surface area contributed by atoms with E-state index in [2.05, 4.69) is 15.7 Å². The maximum Gasteiger partial charge on any atom is 0.315 e. The number of rotatable bonds is 5. The molecule has 0 atom stereocenters. The van der Waals surface area contributed by atoms with Gasteiger partial charge in [0.1, 0.15) is 10.2 Å². The van der Waals surface area contributed by atoms with Gasteiger partial charge < -0.3 is 10.6 Å². The maximum atomic E-state index is 12.4. The zero-order valence-electron chi connectivity index (χ0n) is 14.7. The summed E-state index contributed by atoms with van der Waals surface area (Å²) in [5.41, 5.74) is 0.800. The van der Waals surface area contributed by atoms with Crippen molar-refractivity contribution >= 4 is 29.2 Å². The van der Waals surface area contributed by atoms with Gasteiger partial charge in [-0.1, -0.05) is 23.2 Å². The van der Waals surface area contributed by atoms with E-state index in [1.165, 1.54) is 38.5 Å². The van der Waals surface area contributed by atoms with Crippen LogP contribution in [0.2, 0.25) is 10.2 Å². The van der Waals surface area contributed by atoms with Gasteiger partial charge in [-0.15, -0.1) is 0 Å². The lowest BCUT2D eigenvalue weighted by atomic mass is 9.53. The van der Waals surface area contributed by atoms with Crippen molar-refractivity contribution in [1.29, 1.82) is 0 Å². The Hall–Kier alpha value is -0.940. The number of amides is 2. The molecule has 0 spiro atoms. The molecule has 138 valence electrons. The Balaban J connectivity index is 1.24. The molecule has 1 aromatic rings. The number of carbonyl (C=O) groups excluding carboxylic acids is 1. The van der Waals surface area contributed by atoms with Crippen LogP contribution < -0.4 is 10.6 Å². The van der Waals surface area contributed by atoms with E-state index in [0.717, 1.165) is 29.9 Å². The minimum atomic E-state index is -0.0253. The first kappa shape index (κ1) is 17.5. The molecule has 2 amide bonds. The molecular formula is C18H26Cl2N4O. The number of carbonyl (C=O) groups is 1. The van der Waals surface area contributed by atoms with Crippen molar-refractivity contribution in [2.45, 2.75) is 64.0 Å². The Bertz CT molecular complexity index is 637. The fourth-order valence-corrected chi connectivity index (χ4v) is 6.05. The zero-order valence-corrected chi connectivity index (χ0v) is 16.2. The molecule has 5 nitrogen and oxygen atoms in total. The van der Waals surface area contributed by atoms with Gasteiger partial charge in [0.05, 0.1) is 5.69 Å². The molecule has 0 unspecified atom stereocenters. The predicted molar refractivity (Wildman–Crippen MR) is 99.0 cm³/mol. The second-order valence-corrected chi connectivity index (χ2v) is 9.08. The molecule has 1 heterocycles. The average Bonchev–Trinajstić information content (AvgIpc) is 2.77. The van der Waals surface area contributed by atoms with Gasteiger partial charge in [0, 0.05) is 18.6 Å². The van der Waals surface area contributed by atoms with Gasteiger partial charge in [-0.05, 0) is 69.6 Å². The smallest absolute Gasteiger partial charge is 0.315 e. The van der Waals surface area contributed by atoms with Crippen molar-refractivity contribution in [2.24, 2.45) is 17.8 Å². The van der Waals surface area contributed by atoms with Gasteiger partial charge in [-0.3, -0.25) is 4.68 Å². The van der Waals surface area contributed by atoms with E-state index in [1.54, 1.807) is 4.68 Å². The summed E-state index contributed by atoms with van der Waals surface area (Å²) in [7, 11) is 0. The van der Waals surface area contributed by atoms with Crippen molar-refractivity contribution in [1.82, 2.24) is 20.4 Å². The molecule has 2 N–H and O–H groups in total. The molecule has 4 aliphatic rings. The van der Waals surface area contributed by atoms with E-state index in [0.29, 0.717) is 23.3 Å². The number of hydrogen-bond acceptors (Lipinski definition) is 2. The third-order valence-corrected chi connectivity index (χ3v) is 7.18. The lowest BCUT2D eigenvalue weighted by molar-refractivity contribution is -0.0135. The average molecular weight is 385 g/mol. The van der Waals surface area contributed by atoms with Crippen LogP contribution in [-0.2, 0) is 6.54 Å². The van der Waals surface area contributed by atoms with Gasteiger partial charge in [-0.2, -0.15) is 5.10 Å². The Morgan fingerprint density at radius 1 is 1.20 bits per heavy atom. The first-order valence-corrected chi connectivity index (χ1v) is 10.1. The number of urea groups is 1. The molecule has 4 aliphatic carbocycles. The highest BCUT2D eigenvalue weighted by atomic mass is 35.5. The summed E-state index contributed by atoms with van der Waals surface area (Å²) < 4.78 is 1.69. The summed E-state index contributed by atoms with van der Waals surface area (Å²) in [5.74, 6) is 2.50. The standard InChI is InChI=1S/C18H26Cl2N4O/c1-11-15(19)16(20)24(23-11)4-2-3-21-17(25)22-18-8-12-5-13(9-18)7-14(6-12)10-18/h12-14H,2-10H2,1H3,(H2,21,22,25). The fraction of sp³-hybridized carbons (Fsp3) is 0.778. The quantitative estimate of drug-likeness (QED) is 0.748. The summed E-state index contributed by atoms with van der Waals surface area (Å²) in [5, 5.41) is 11.6. The van der Waals surface area contributed by atoms with Crippen LogP contribution >= 0.6 is 23.2 Å². The SMILES string of the molecule is Cc1nn(CCCNC(=O)NC23CC4CC(CC(C4)C2)C3)c(Cl)c1Cl. The summed E-state index contributed by atoms with van der Waals surface area (Å²) in [6, 6.07) is -0.0253. The van der Waals surface area contributed by atoms with E-state index >= 15 is 0 Å². The largest absolute Gasteiger partial charge is 0.338 e. The number of hydrogen-bond donors (Lipinski definition) is 2. The number of halogens is 2. The second-order valence-electron chi connectivity index (χ2n) is 8.35. The van der Waals surface area contributed by atoms with Crippen molar-refractivity contribution in [3.05, 3.63) is 15.9 Å². The summed E-state index contributed by atoms with van der Waals surface area (Å²) >= 11 is 12.2. The molecule has 5 rings (SSSR count). The monoisotopic (exact) mass is 384 g/mol. The van der Waals surface area contributed by atoms with Gasteiger partial charge in [0.25, 0.3) is 0 Å². The highest BCUT2D eigenvalue weighted by Crippen LogP contribution is 2.55. The Kier molecular flexibility index (Phi) is 4.65. The number of aromatic nitrogens is 2. The molecule has 4 saturated carbocycles. The molecular weight excluding hydrogens is 359 g/mol. The van der Waals surface area contributed by atoms with Crippen molar-refractivity contribution in [3.63, 3.8) is 0 Å². The van der Waals surface area contributed by atoms with Crippen LogP contribution in [0.25, 0.3) is 0 Å². The van der Waals surface area contributed by atoms with Crippen molar-refractivity contribution < 1.29 is 4.79 Å². The minimum Gasteiger partial charge on any atom is -0.338 e. The zero-order chi connectivity index (χ0) is 17.6. The van der Waals surface area contributed by atoms with E-state index in [9.17, 15) is 4.79 Å². The van der Waals surface area contributed by atoms with Gasteiger partial charge >= 0.3 is 6.03 Å². The van der Waals surface area contributed by atoms with Gasteiger partial charge in [0.2, 0.25) is 0 Å². The highest BCUT2D eigenvalue weighted by molar-refractivity contribution is 6.41. The summed E-state index contributed by atoms with van der Waals surface area (Å²) in [6.45, 7) is 3.08. The van der Waals surface area contributed by atoms with Crippen LogP contribution in [0.3, 0.4) is 0 Å². The summed E-state index contributed by atoms with van der Waals surface area (Å²) in [6.07, 6.45) is 8.44. The lowest BCUT2D eigenvalue weighted by Crippen LogP contribution is -2.61. The van der Waals surface area contributed by atoms with Crippen molar-refractivity contribution in [3.8, 4) is 0 Å². The van der Waals surface area contributed by atoms with E-state index in [1.807, 2.05) is 6.92 Å². The molecule has 0 aromatic carbocycles. The molecule has 4 bridgehead atoms. The van der Waals surface area contributed by atoms with E-state index < -0.39 is 0 Å². The summed E-state index contributed by atoms with van der Waals surface area (Å²) in [4.78, 5) is 12.4. The van der Waals surface area contributed by atoms with E-state index in [-0.39, 0.29) is 11.6 Å². The maximum absolute atomic E-state index is 12.4. The molecule has 0 aliphatic heterocycles. The topological polar surface area (TPSA) is 59.0 Å². The first-order chi connectivity index (χ1) is 11.9. The Morgan fingerprint density at radius 2 is 1.80 bits per heavy atom. The third-order valence-electron chi connectivity index (χ3n) is 6.25. The number of nitrogens with one attached hydrogen (secondary N) is 2. The van der Waals surface area contributed by atoms with E-state index in [4.69, 9.17) is 23.2 Å².